The van der Waals surface area contributed by atoms with E-state index in [-0.39, 0.29) is 6.10 Å². The van der Waals surface area contributed by atoms with Crippen LogP contribution in [0.3, 0.4) is 0 Å². The number of hydrogen-bond acceptors (Lipinski definition) is 8. The highest BCUT2D eigenvalue weighted by Gasteiger charge is 2.22. The Morgan fingerprint density at radius 2 is 1.88 bits per heavy atom. The third-order valence-electron chi connectivity index (χ3n) is 8.09. The van der Waals surface area contributed by atoms with Gasteiger partial charge in [0.25, 0.3) is 0 Å². The van der Waals surface area contributed by atoms with Crippen LogP contribution in [-0.2, 0) is 0 Å². The fourth-order valence-corrected chi connectivity index (χ4v) is 5.70. The molecular formula is C32H40N8O. The zero-order chi connectivity index (χ0) is 28.2. The number of aromatic nitrogens is 5. The van der Waals surface area contributed by atoms with E-state index in [4.69, 9.17) is 24.7 Å². The molecule has 9 nitrogen and oxygen atoms in total. The van der Waals surface area contributed by atoms with E-state index in [1.54, 1.807) is 0 Å². The SMILES string of the molecule is CCCN=C(c1nc2c(N3CCN(C)CC3)nccc2[nH]1)c1nc(-c2cncc(OC3CCCCC3)c2)ccc1C. The van der Waals surface area contributed by atoms with Crippen LogP contribution in [0, 0.1) is 6.92 Å². The summed E-state index contributed by atoms with van der Waals surface area (Å²) in [5.74, 6) is 2.45. The Hall–Kier alpha value is -3.85. The number of nitrogens with zero attached hydrogens (tertiary/aromatic N) is 7. The zero-order valence-electron chi connectivity index (χ0n) is 24.4. The molecule has 1 aliphatic heterocycles. The molecule has 4 aromatic heterocycles. The largest absolute Gasteiger partial charge is 0.489 e. The van der Waals surface area contributed by atoms with Gasteiger partial charge in [-0.15, -0.1) is 0 Å². The predicted octanol–water partition coefficient (Wildman–Crippen LogP) is 5.43. The molecule has 4 aromatic rings. The Kier molecular flexibility index (Phi) is 8.23. The number of aromatic amines is 1. The van der Waals surface area contributed by atoms with Gasteiger partial charge in [-0.2, -0.15) is 0 Å². The average Bonchev–Trinajstić information content (AvgIpc) is 3.44. The van der Waals surface area contributed by atoms with Gasteiger partial charge in [0.2, 0.25) is 0 Å². The number of hydrogen-bond donors (Lipinski definition) is 1. The Bertz CT molecular complexity index is 1520. The van der Waals surface area contributed by atoms with Gasteiger partial charge in [-0.05, 0) is 69.8 Å². The van der Waals surface area contributed by atoms with E-state index >= 15 is 0 Å². The third kappa shape index (κ3) is 6.10. The van der Waals surface area contributed by atoms with Crippen LogP contribution < -0.4 is 9.64 Å². The second-order valence-corrected chi connectivity index (χ2v) is 11.3. The molecule has 5 heterocycles. The van der Waals surface area contributed by atoms with Crippen molar-refractivity contribution in [1.82, 2.24) is 29.8 Å². The maximum Gasteiger partial charge on any atom is 0.159 e. The Morgan fingerprint density at radius 3 is 2.68 bits per heavy atom. The van der Waals surface area contributed by atoms with Gasteiger partial charge in [-0.25, -0.2) is 15.0 Å². The highest BCUT2D eigenvalue weighted by atomic mass is 16.5. The molecule has 9 heteroatoms. The summed E-state index contributed by atoms with van der Waals surface area (Å²) in [4.78, 5) is 32.7. The standard InChI is InChI=1S/C32H40N8O/c1-4-13-34-30(31-37-27-12-14-35-32(29(27)38-31)40-17-15-39(3)16-18-40)28-22(2)10-11-26(36-28)23-19-25(21-33-20-23)41-24-8-6-5-7-9-24/h10-12,14,19-21,24H,4-9,13,15-18H2,1-3H3,(H,37,38). The van der Waals surface area contributed by atoms with Crippen molar-refractivity contribution in [3.63, 3.8) is 0 Å². The lowest BCUT2D eigenvalue weighted by atomic mass is 9.98. The van der Waals surface area contributed by atoms with Crippen LogP contribution in [0.2, 0.25) is 0 Å². The van der Waals surface area contributed by atoms with Crippen molar-refractivity contribution in [2.45, 2.75) is 58.5 Å². The zero-order valence-corrected chi connectivity index (χ0v) is 24.4. The molecule has 1 saturated heterocycles. The molecule has 0 unspecified atom stereocenters. The molecular weight excluding hydrogens is 512 g/mol. The second kappa shape index (κ2) is 12.3. The lowest BCUT2D eigenvalue weighted by Crippen LogP contribution is -2.44. The number of nitrogens with one attached hydrogen (secondary N) is 1. The number of aliphatic imine (C=N–C) groups is 1. The number of pyridine rings is 3. The van der Waals surface area contributed by atoms with Crippen LogP contribution in [0.5, 0.6) is 5.75 Å². The molecule has 0 bridgehead atoms. The van der Waals surface area contributed by atoms with Crippen LogP contribution >= 0.6 is 0 Å². The van der Waals surface area contributed by atoms with Gasteiger partial charge in [0.15, 0.2) is 11.6 Å². The normalized spacial score (nSPS) is 17.3. The van der Waals surface area contributed by atoms with E-state index in [1.807, 2.05) is 30.7 Å². The van der Waals surface area contributed by atoms with Gasteiger partial charge >= 0.3 is 0 Å². The van der Waals surface area contributed by atoms with Crippen molar-refractivity contribution in [3.05, 3.63) is 59.9 Å². The van der Waals surface area contributed by atoms with Crippen LogP contribution in [0.4, 0.5) is 5.82 Å². The average molecular weight is 553 g/mol. The number of H-pyrrole nitrogens is 1. The monoisotopic (exact) mass is 552 g/mol. The van der Waals surface area contributed by atoms with Crippen molar-refractivity contribution in [3.8, 4) is 17.0 Å². The summed E-state index contributed by atoms with van der Waals surface area (Å²) >= 11 is 0. The first kappa shape index (κ1) is 27.3. The molecule has 0 spiro atoms. The lowest BCUT2D eigenvalue weighted by Gasteiger charge is -2.33. The number of piperazine rings is 1. The number of anilines is 1. The van der Waals surface area contributed by atoms with Crippen molar-refractivity contribution in [1.29, 1.82) is 0 Å². The van der Waals surface area contributed by atoms with E-state index < -0.39 is 0 Å². The van der Waals surface area contributed by atoms with E-state index in [9.17, 15) is 0 Å². The molecule has 41 heavy (non-hydrogen) atoms. The fourth-order valence-electron chi connectivity index (χ4n) is 5.70. The molecule has 0 radical (unpaired) electrons. The quantitative estimate of drug-likeness (QED) is 0.291. The van der Waals surface area contributed by atoms with Crippen molar-refractivity contribution >= 4 is 22.6 Å². The summed E-state index contributed by atoms with van der Waals surface area (Å²) in [6.07, 6.45) is 12.7. The van der Waals surface area contributed by atoms with Crippen LogP contribution in [-0.4, -0.2) is 81.4 Å². The minimum Gasteiger partial charge on any atom is -0.489 e. The van der Waals surface area contributed by atoms with Crippen molar-refractivity contribution in [2.75, 3.05) is 44.7 Å². The molecule has 1 aliphatic carbocycles. The van der Waals surface area contributed by atoms with Crippen LogP contribution in [0.1, 0.15) is 62.5 Å². The summed E-state index contributed by atoms with van der Waals surface area (Å²) in [6.45, 7) is 8.79. The number of rotatable bonds is 8. The molecule has 0 aromatic carbocycles. The Morgan fingerprint density at radius 1 is 1.05 bits per heavy atom. The van der Waals surface area contributed by atoms with Gasteiger partial charge in [0.1, 0.15) is 17.0 Å². The van der Waals surface area contributed by atoms with E-state index in [0.717, 1.165) is 102 Å². The number of imidazole rings is 1. The van der Waals surface area contributed by atoms with Crippen LogP contribution in [0.25, 0.3) is 22.3 Å². The summed E-state index contributed by atoms with van der Waals surface area (Å²) < 4.78 is 6.30. The van der Waals surface area contributed by atoms with Gasteiger partial charge in [0, 0.05) is 50.7 Å². The van der Waals surface area contributed by atoms with Gasteiger partial charge in [-0.3, -0.25) is 9.98 Å². The Balaban J connectivity index is 1.34. The highest BCUT2D eigenvalue weighted by Crippen LogP contribution is 2.28. The van der Waals surface area contributed by atoms with Crippen molar-refractivity contribution < 1.29 is 4.74 Å². The number of aryl methyl sites for hydroxylation is 1. The molecule has 6 rings (SSSR count). The summed E-state index contributed by atoms with van der Waals surface area (Å²) in [5.41, 5.74) is 6.24. The summed E-state index contributed by atoms with van der Waals surface area (Å²) in [5, 5.41) is 0. The first-order valence-corrected chi connectivity index (χ1v) is 15.0. The number of fused-ring (bicyclic) bond motifs is 1. The van der Waals surface area contributed by atoms with E-state index in [0.29, 0.717) is 6.54 Å². The maximum atomic E-state index is 6.30. The molecule has 214 valence electrons. The topological polar surface area (TPSA) is 95.4 Å². The minimum atomic E-state index is 0.272. The first-order chi connectivity index (χ1) is 20.1. The second-order valence-electron chi connectivity index (χ2n) is 11.3. The highest BCUT2D eigenvalue weighted by molar-refractivity contribution is 6.12. The predicted molar refractivity (Wildman–Crippen MR) is 164 cm³/mol. The molecule has 2 fully saturated rings. The smallest absolute Gasteiger partial charge is 0.159 e. The Labute approximate surface area is 242 Å². The van der Waals surface area contributed by atoms with Crippen LogP contribution in [0.15, 0.2) is 47.8 Å². The number of ether oxygens (including phenoxy) is 1. The lowest BCUT2D eigenvalue weighted by molar-refractivity contribution is 0.154. The van der Waals surface area contributed by atoms with Gasteiger partial charge in [-0.1, -0.05) is 19.4 Å². The first-order valence-electron chi connectivity index (χ1n) is 15.0. The number of likely N-dealkylation sites (N-methyl/N-ethyl adjacent to an activating group) is 1. The van der Waals surface area contributed by atoms with E-state index in [1.165, 1.54) is 19.3 Å². The molecule has 1 N–H and O–H groups in total. The van der Waals surface area contributed by atoms with Crippen molar-refractivity contribution in [2.24, 2.45) is 4.99 Å². The maximum absolute atomic E-state index is 6.30. The summed E-state index contributed by atoms with van der Waals surface area (Å²) in [7, 11) is 2.16. The minimum absolute atomic E-state index is 0.272. The molecule has 0 atom stereocenters. The third-order valence-corrected chi connectivity index (χ3v) is 8.09. The van der Waals surface area contributed by atoms with Gasteiger partial charge < -0.3 is 19.5 Å². The van der Waals surface area contributed by atoms with Gasteiger partial charge in [0.05, 0.1) is 29.2 Å². The molecule has 0 amide bonds. The van der Waals surface area contributed by atoms with E-state index in [2.05, 4.69) is 52.8 Å². The summed E-state index contributed by atoms with van der Waals surface area (Å²) in [6, 6.07) is 8.20. The molecule has 1 saturated carbocycles. The fraction of sp³-hybridized carbons (Fsp3) is 0.469. The molecule has 2 aliphatic rings.